The molecular weight excluding hydrogens is 204 g/mol. The van der Waals surface area contributed by atoms with E-state index >= 15 is 0 Å². The molecule has 0 spiro atoms. The van der Waals surface area contributed by atoms with Crippen molar-refractivity contribution in [3.05, 3.63) is 35.4 Å². The van der Waals surface area contributed by atoms with Crippen molar-refractivity contribution in [3.8, 4) is 0 Å². The fraction of sp³-hybridized carbons (Fsp3) is 0.571. The van der Waals surface area contributed by atoms with Gasteiger partial charge in [0.25, 0.3) is 0 Å². The topological polar surface area (TPSA) is 0 Å². The van der Waals surface area contributed by atoms with Gasteiger partial charge in [0.1, 0.15) is 0 Å². The predicted octanol–water partition coefficient (Wildman–Crippen LogP) is 4.45. The summed E-state index contributed by atoms with van der Waals surface area (Å²) in [5, 5.41) is 0.287. The molecule has 0 aliphatic carbocycles. The van der Waals surface area contributed by atoms with E-state index in [0.29, 0.717) is 5.92 Å². The van der Waals surface area contributed by atoms with E-state index in [2.05, 4.69) is 45.0 Å². The first-order valence-corrected chi connectivity index (χ1v) is 6.27. The first-order chi connectivity index (χ1) is 7.11. The van der Waals surface area contributed by atoms with Gasteiger partial charge >= 0.3 is 0 Å². The van der Waals surface area contributed by atoms with Crippen molar-refractivity contribution in [2.45, 2.75) is 45.4 Å². The molecule has 1 heteroatoms. The quantitative estimate of drug-likeness (QED) is 0.649. The lowest BCUT2D eigenvalue weighted by Crippen LogP contribution is -2.05. The van der Waals surface area contributed by atoms with E-state index in [9.17, 15) is 0 Å². The molecule has 0 radical (unpaired) electrons. The largest absolute Gasteiger partial charge is 0.123 e. The molecule has 0 N–H and O–H groups in total. The summed E-state index contributed by atoms with van der Waals surface area (Å²) in [4.78, 5) is 0. The molecule has 0 amide bonds. The zero-order valence-electron chi connectivity index (χ0n) is 9.96. The second-order valence-electron chi connectivity index (χ2n) is 4.50. The van der Waals surface area contributed by atoms with Gasteiger partial charge in [-0.1, -0.05) is 38.1 Å². The fourth-order valence-electron chi connectivity index (χ4n) is 1.95. The van der Waals surface area contributed by atoms with Crippen LogP contribution in [0.25, 0.3) is 0 Å². The van der Waals surface area contributed by atoms with Crippen LogP contribution in [-0.4, -0.2) is 5.38 Å². The van der Waals surface area contributed by atoms with Gasteiger partial charge in [-0.3, -0.25) is 0 Å². The highest BCUT2D eigenvalue weighted by Gasteiger charge is 2.07. The van der Waals surface area contributed by atoms with Crippen LogP contribution in [-0.2, 0) is 12.8 Å². The van der Waals surface area contributed by atoms with E-state index in [-0.39, 0.29) is 5.38 Å². The number of hydrogen-bond donors (Lipinski definition) is 0. The van der Waals surface area contributed by atoms with Crippen LogP contribution in [0.2, 0.25) is 0 Å². The highest BCUT2D eigenvalue weighted by Crippen LogP contribution is 2.16. The Labute approximate surface area is 98.7 Å². The van der Waals surface area contributed by atoms with Gasteiger partial charge in [0.2, 0.25) is 0 Å². The average molecular weight is 225 g/mol. The van der Waals surface area contributed by atoms with Crippen molar-refractivity contribution in [1.29, 1.82) is 0 Å². The Kier molecular flexibility index (Phi) is 5.17. The third-order valence-corrected chi connectivity index (χ3v) is 2.92. The number of hydrogen-bond acceptors (Lipinski definition) is 0. The molecule has 0 fully saturated rings. The summed E-state index contributed by atoms with van der Waals surface area (Å²) in [7, 11) is 0. The predicted molar refractivity (Wildman–Crippen MR) is 68.6 cm³/mol. The summed E-state index contributed by atoms with van der Waals surface area (Å²) in [6.45, 7) is 6.53. The number of halogens is 1. The minimum Gasteiger partial charge on any atom is -0.123 e. The Bertz CT molecular complexity index is 274. The van der Waals surface area contributed by atoms with E-state index in [0.717, 1.165) is 19.3 Å². The van der Waals surface area contributed by atoms with Crippen molar-refractivity contribution in [2.75, 3.05) is 0 Å². The van der Waals surface area contributed by atoms with Gasteiger partial charge in [-0.15, -0.1) is 11.6 Å². The fourth-order valence-corrected chi connectivity index (χ4v) is 2.26. The molecule has 1 rings (SSSR count). The Morgan fingerprint density at radius 2 is 1.60 bits per heavy atom. The Hall–Kier alpha value is -0.490. The third-order valence-electron chi connectivity index (χ3n) is 2.74. The lowest BCUT2D eigenvalue weighted by atomic mass is 9.96. The van der Waals surface area contributed by atoms with Gasteiger partial charge in [-0.05, 0) is 43.2 Å². The molecule has 0 saturated heterocycles. The smallest absolute Gasteiger partial charge is 0.0310 e. The first-order valence-electron chi connectivity index (χ1n) is 5.83. The molecule has 0 aromatic heterocycles. The van der Waals surface area contributed by atoms with Crippen molar-refractivity contribution < 1.29 is 0 Å². The van der Waals surface area contributed by atoms with E-state index in [1.807, 2.05) is 0 Å². The molecule has 0 nitrogen and oxygen atoms in total. The maximum Gasteiger partial charge on any atom is 0.0310 e. The number of rotatable bonds is 5. The van der Waals surface area contributed by atoms with E-state index in [1.54, 1.807) is 0 Å². The lowest BCUT2D eigenvalue weighted by molar-refractivity contribution is 0.526. The summed E-state index contributed by atoms with van der Waals surface area (Å²) in [6.07, 6.45) is 3.35. The summed E-state index contributed by atoms with van der Waals surface area (Å²) in [6, 6.07) is 8.95. The van der Waals surface area contributed by atoms with Crippen LogP contribution in [0, 0.1) is 5.92 Å². The van der Waals surface area contributed by atoms with Gasteiger partial charge in [-0.2, -0.15) is 0 Å². The van der Waals surface area contributed by atoms with Crippen LogP contribution in [0.3, 0.4) is 0 Å². The Morgan fingerprint density at radius 1 is 1.07 bits per heavy atom. The number of alkyl halides is 1. The molecule has 0 aliphatic rings. The van der Waals surface area contributed by atoms with Crippen LogP contribution < -0.4 is 0 Å². The van der Waals surface area contributed by atoms with Gasteiger partial charge in [0.15, 0.2) is 0 Å². The second kappa shape index (κ2) is 6.17. The SMILES string of the molecule is CCc1ccc(CC(C)CC(C)Cl)cc1. The van der Waals surface area contributed by atoms with Gasteiger partial charge < -0.3 is 0 Å². The maximum atomic E-state index is 5.99. The summed E-state index contributed by atoms with van der Waals surface area (Å²) in [5.74, 6) is 0.671. The lowest BCUT2D eigenvalue weighted by Gasteiger charge is -2.12. The van der Waals surface area contributed by atoms with Crippen molar-refractivity contribution in [3.63, 3.8) is 0 Å². The Balaban J connectivity index is 2.49. The molecule has 0 heterocycles. The summed E-state index contributed by atoms with van der Waals surface area (Å²) >= 11 is 5.99. The maximum absolute atomic E-state index is 5.99. The average Bonchev–Trinajstić information content (AvgIpc) is 2.17. The monoisotopic (exact) mass is 224 g/mol. The molecule has 2 unspecified atom stereocenters. The molecule has 2 atom stereocenters. The van der Waals surface area contributed by atoms with Crippen LogP contribution >= 0.6 is 11.6 Å². The van der Waals surface area contributed by atoms with Crippen molar-refractivity contribution in [2.24, 2.45) is 5.92 Å². The zero-order valence-corrected chi connectivity index (χ0v) is 10.7. The third kappa shape index (κ3) is 4.70. The molecule has 1 aromatic rings. The van der Waals surface area contributed by atoms with Crippen molar-refractivity contribution in [1.82, 2.24) is 0 Å². The minimum absolute atomic E-state index is 0.287. The normalized spacial score (nSPS) is 14.9. The van der Waals surface area contributed by atoms with Gasteiger partial charge in [-0.25, -0.2) is 0 Å². The Morgan fingerprint density at radius 3 is 2.07 bits per heavy atom. The van der Waals surface area contributed by atoms with Crippen LogP contribution in [0.15, 0.2) is 24.3 Å². The molecule has 0 saturated carbocycles. The zero-order chi connectivity index (χ0) is 11.3. The number of aryl methyl sites for hydroxylation is 1. The van der Waals surface area contributed by atoms with Crippen molar-refractivity contribution >= 4 is 11.6 Å². The van der Waals surface area contributed by atoms with Crippen LogP contribution in [0.1, 0.15) is 38.3 Å². The van der Waals surface area contributed by atoms with Gasteiger partial charge in [0.05, 0.1) is 0 Å². The van der Waals surface area contributed by atoms with E-state index in [1.165, 1.54) is 11.1 Å². The molecule has 84 valence electrons. The first kappa shape index (κ1) is 12.6. The summed E-state index contributed by atoms with van der Waals surface area (Å²) < 4.78 is 0. The highest BCUT2D eigenvalue weighted by molar-refractivity contribution is 6.20. The number of benzene rings is 1. The molecular formula is C14H21Cl. The molecule has 0 bridgehead atoms. The molecule has 15 heavy (non-hydrogen) atoms. The van der Waals surface area contributed by atoms with Crippen LogP contribution in [0.5, 0.6) is 0 Å². The van der Waals surface area contributed by atoms with Gasteiger partial charge in [0, 0.05) is 5.38 Å². The second-order valence-corrected chi connectivity index (χ2v) is 5.24. The van der Waals surface area contributed by atoms with Crippen LogP contribution in [0.4, 0.5) is 0 Å². The standard InChI is InChI=1S/C14H21Cl/c1-4-13-5-7-14(8-6-13)10-11(2)9-12(3)15/h5-8,11-12H,4,9-10H2,1-3H3. The molecule has 1 aromatic carbocycles. The minimum atomic E-state index is 0.287. The van der Waals surface area contributed by atoms with E-state index < -0.39 is 0 Å². The van der Waals surface area contributed by atoms with E-state index in [4.69, 9.17) is 11.6 Å². The highest BCUT2D eigenvalue weighted by atomic mass is 35.5. The summed E-state index contributed by atoms with van der Waals surface area (Å²) in [5.41, 5.74) is 2.84. The molecule has 0 aliphatic heterocycles.